The summed E-state index contributed by atoms with van der Waals surface area (Å²) in [5, 5.41) is 11.4. The van der Waals surface area contributed by atoms with Crippen LogP contribution in [0.4, 0.5) is 0 Å². The summed E-state index contributed by atoms with van der Waals surface area (Å²) in [4.78, 5) is 26.5. The van der Waals surface area contributed by atoms with Gasteiger partial charge in [-0.1, -0.05) is 54.6 Å². The zero-order valence-corrected chi connectivity index (χ0v) is 23.3. The molecule has 42 heavy (non-hydrogen) atoms. The van der Waals surface area contributed by atoms with E-state index in [-0.39, 0.29) is 13.0 Å². The predicted molar refractivity (Wildman–Crippen MR) is 156 cm³/mol. The standard InChI is InChI=1S/C33H32N2O7/c1-4-8-27-30(37)28(42-31(27)35-20-19-29(36)34-32(35)38)21-41-33(22-9-6-5-7-10-22,23-11-15-25(39-2)16-12-23)24-13-17-26(40-3)18-14-24/h1,5-7,9-20,27-28,30-31,37H,8,21H2,2-3H3,(H,34,36,38)/t27-,28-,30+,31-/m1/s1. The molecular weight excluding hydrogens is 536 g/mol. The lowest BCUT2D eigenvalue weighted by molar-refractivity contribution is -0.0948. The van der Waals surface area contributed by atoms with Crippen LogP contribution < -0.4 is 20.7 Å². The number of hydrogen-bond acceptors (Lipinski definition) is 7. The molecule has 216 valence electrons. The molecule has 1 aliphatic rings. The number of nitrogens with one attached hydrogen (secondary N) is 1. The predicted octanol–water partition coefficient (Wildman–Crippen LogP) is 3.46. The van der Waals surface area contributed by atoms with Crippen LogP contribution in [0, 0.1) is 18.3 Å². The minimum Gasteiger partial charge on any atom is -0.497 e. The van der Waals surface area contributed by atoms with Crippen molar-refractivity contribution in [2.45, 2.75) is 30.5 Å². The van der Waals surface area contributed by atoms with E-state index in [1.807, 2.05) is 78.9 Å². The van der Waals surface area contributed by atoms with Crippen LogP contribution in [0.3, 0.4) is 0 Å². The summed E-state index contributed by atoms with van der Waals surface area (Å²) in [6, 6.07) is 26.2. The van der Waals surface area contributed by atoms with E-state index in [2.05, 4.69) is 10.9 Å². The molecule has 2 N–H and O–H groups in total. The van der Waals surface area contributed by atoms with Gasteiger partial charge >= 0.3 is 5.69 Å². The van der Waals surface area contributed by atoms with E-state index < -0.39 is 41.2 Å². The van der Waals surface area contributed by atoms with Crippen molar-refractivity contribution >= 4 is 0 Å². The first-order valence-electron chi connectivity index (χ1n) is 13.5. The highest BCUT2D eigenvalue weighted by Crippen LogP contribution is 2.43. The number of methoxy groups -OCH3 is 2. The molecule has 1 aliphatic heterocycles. The summed E-state index contributed by atoms with van der Waals surface area (Å²) in [7, 11) is 3.21. The molecule has 2 heterocycles. The van der Waals surface area contributed by atoms with Gasteiger partial charge in [-0.3, -0.25) is 14.3 Å². The molecule has 0 saturated carbocycles. The fraction of sp³-hybridized carbons (Fsp3) is 0.273. The van der Waals surface area contributed by atoms with Crippen molar-refractivity contribution in [3.63, 3.8) is 0 Å². The number of terminal acetylenes is 1. The molecule has 0 aliphatic carbocycles. The van der Waals surface area contributed by atoms with Crippen LogP contribution in [0.25, 0.3) is 0 Å². The minimum atomic E-state index is -1.13. The normalized spacial score (nSPS) is 20.1. The number of aliphatic hydroxyl groups excluding tert-OH is 1. The highest BCUT2D eigenvalue weighted by molar-refractivity contribution is 5.49. The van der Waals surface area contributed by atoms with Crippen LogP contribution >= 0.6 is 0 Å². The molecule has 1 aromatic heterocycles. The van der Waals surface area contributed by atoms with Crippen LogP contribution in [-0.4, -0.2) is 47.7 Å². The third-order valence-electron chi connectivity index (χ3n) is 7.62. The topological polar surface area (TPSA) is 112 Å². The third kappa shape index (κ3) is 5.48. The first-order chi connectivity index (χ1) is 20.4. The van der Waals surface area contributed by atoms with Crippen LogP contribution in [0.15, 0.2) is 101 Å². The van der Waals surface area contributed by atoms with Crippen molar-refractivity contribution in [3.05, 3.63) is 129 Å². The highest BCUT2D eigenvalue weighted by Gasteiger charge is 2.47. The molecule has 0 radical (unpaired) electrons. The molecule has 3 aromatic carbocycles. The Kier molecular flexibility index (Phi) is 8.59. The minimum absolute atomic E-state index is 0.0518. The molecule has 1 fully saturated rings. The summed E-state index contributed by atoms with van der Waals surface area (Å²) in [6.07, 6.45) is 4.32. The van der Waals surface area contributed by atoms with Crippen molar-refractivity contribution in [1.82, 2.24) is 9.55 Å². The van der Waals surface area contributed by atoms with Gasteiger partial charge in [-0.15, -0.1) is 12.3 Å². The van der Waals surface area contributed by atoms with Gasteiger partial charge in [0.15, 0.2) is 0 Å². The number of benzene rings is 3. The number of aliphatic hydroxyl groups is 1. The van der Waals surface area contributed by atoms with Crippen LogP contribution in [0.5, 0.6) is 11.5 Å². The molecule has 1 saturated heterocycles. The second-order valence-electron chi connectivity index (χ2n) is 9.96. The summed E-state index contributed by atoms with van der Waals surface area (Å²) in [5.74, 6) is 3.34. The molecule has 9 nitrogen and oxygen atoms in total. The smallest absolute Gasteiger partial charge is 0.330 e. The quantitative estimate of drug-likeness (QED) is 0.223. The maximum Gasteiger partial charge on any atom is 0.330 e. The molecular formula is C33H32N2O7. The Hall–Kier alpha value is -4.62. The zero-order valence-electron chi connectivity index (χ0n) is 23.3. The van der Waals surface area contributed by atoms with Gasteiger partial charge in [0, 0.05) is 24.6 Å². The van der Waals surface area contributed by atoms with Gasteiger partial charge in [0.2, 0.25) is 0 Å². The number of ether oxygens (including phenoxy) is 4. The van der Waals surface area contributed by atoms with Gasteiger partial charge in [-0.25, -0.2) is 4.79 Å². The summed E-state index contributed by atoms with van der Waals surface area (Å²) in [6.45, 7) is -0.0518. The summed E-state index contributed by atoms with van der Waals surface area (Å²) >= 11 is 0. The molecule has 4 atom stereocenters. The van der Waals surface area contributed by atoms with Gasteiger partial charge < -0.3 is 24.1 Å². The van der Waals surface area contributed by atoms with Crippen molar-refractivity contribution in [2.24, 2.45) is 5.92 Å². The molecule has 0 amide bonds. The van der Waals surface area contributed by atoms with E-state index in [4.69, 9.17) is 25.4 Å². The Labute approximate surface area is 243 Å². The Morgan fingerprint density at radius 2 is 1.48 bits per heavy atom. The Morgan fingerprint density at radius 3 is 2.00 bits per heavy atom. The van der Waals surface area contributed by atoms with E-state index in [1.54, 1.807) is 14.2 Å². The zero-order chi connectivity index (χ0) is 29.7. The van der Waals surface area contributed by atoms with E-state index in [0.29, 0.717) is 11.5 Å². The van der Waals surface area contributed by atoms with E-state index >= 15 is 0 Å². The molecule has 0 bridgehead atoms. The SMILES string of the molecule is C#CC[C@@H]1[C@H](O)[C@@H](COC(c2ccccc2)(c2ccc(OC)cc2)c2ccc(OC)cc2)O[C@H]1n1ccc(=O)[nH]c1=O. The van der Waals surface area contributed by atoms with Crippen molar-refractivity contribution in [3.8, 4) is 23.8 Å². The third-order valence-corrected chi connectivity index (χ3v) is 7.62. The lowest BCUT2D eigenvalue weighted by Gasteiger charge is -2.37. The second-order valence-corrected chi connectivity index (χ2v) is 9.96. The number of H-pyrrole nitrogens is 1. The van der Waals surface area contributed by atoms with Crippen LogP contribution in [0.2, 0.25) is 0 Å². The van der Waals surface area contributed by atoms with Gasteiger partial charge in [-0.05, 0) is 41.0 Å². The fourth-order valence-electron chi connectivity index (χ4n) is 5.48. The Balaban J connectivity index is 1.58. The van der Waals surface area contributed by atoms with Gasteiger partial charge in [0.05, 0.1) is 26.9 Å². The number of rotatable bonds is 10. The average molecular weight is 569 g/mol. The van der Waals surface area contributed by atoms with Crippen molar-refractivity contribution < 1.29 is 24.1 Å². The maximum atomic E-state index is 12.6. The van der Waals surface area contributed by atoms with Crippen LogP contribution in [-0.2, 0) is 15.1 Å². The van der Waals surface area contributed by atoms with Gasteiger partial charge in [0.25, 0.3) is 5.56 Å². The lowest BCUT2D eigenvalue weighted by atomic mass is 9.80. The largest absolute Gasteiger partial charge is 0.497 e. The van der Waals surface area contributed by atoms with E-state index in [1.165, 1.54) is 16.8 Å². The van der Waals surface area contributed by atoms with Crippen molar-refractivity contribution in [2.75, 3.05) is 20.8 Å². The Morgan fingerprint density at radius 1 is 0.905 bits per heavy atom. The van der Waals surface area contributed by atoms with Crippen molar-refractivity contribution in [1.29, 1.82) is 0 Å². The summed E-state index contributed by atoms with van der Waals surface area (Å²) < 4.78 is 25.2. The lowest BCUT2D eigenvalue weighted by Crippen LogP contribution is -2.38. The molecule has 0 spiro atoms. The van der Waals surface area contributed by atoms with Gasteiger partial charge in [0.1, 0.15) is 29.4 Å². The fourth-order valence-corrected chi connectivity index (χ4v) is 5.48. The number of aromatic nitrogens is 2. The molecule has 5 rings (SSSR count). The number of aromatic amines is 1. The molecule has 9 heteroatoms. The Bertz CT molecular complexity index is 1590. The first kappa shape index (κ1) is 28.9. The van der Waals surface area contributed by atoms with Crippen LogP contribution in [0.1, 0.15) is 29.3 Å². The second kappa shape index (κ2) is 12.5. The average Bonchev–Trinajstić information content (AvgIpc) is 3.33. The molecule has 0 unspecified atom stereocenters. The van der Waals surface area contributed by atoms with Gasteiger partial charge in [-0.2, -0.15) is 0 Å². The number of hydrogen-bond donors (Lipinski definition) is 2. The van der Waals surface area contributed by atoms with E-state index in [9.17, 15) is 14.7 Å². The van der Waals surface area contributed by atoms with E-state index in [0.717, 1.165) is 16.7 Å². The first-order valence-corrected chi connectivity index (χ1v) is 13.5. The highest BCUT2D eigenvalue weighted by atomic mass is 16.6. The number of nitrogens with zero attached hydrogens (tertiary/aromatic N) is 1. The summed E-state index contributed by atoms with van der Waals surface area (Å²) in [5.41, 5.74) is 0.174. The molecule has 4 aromatic rings. The maximum absolute atomic E-state index is 12.6. The monoisotopic (exact) mass is 568 g/mol.